The SMILES string of the molecule is CCCOc1ccc(C)c(Cc2ncc(-c3cccc(N4C(=O)NCC4C)n3)o2)c1. The number of aromatic nitrogens is 2. The Morgan fingerprint density at radius 3 is 2.93 bits per heavy atom. The lowest BCUT2D eigenvalue weighted by atomic mass is 10.1. The lowest BCUT2D eigenvalue weighted by Gasteiger charge is -2.18. The van der Waals surface area contributed by atoms with E-state index in [1.807, 2.05) is 37.3 Å². The zero-order valence-corrected chi connectivity index (χ0v) is 17.5. The summed E-state index contributed by atoms with van der Waals surface area (Å²) >= 11 is 0. The molecule has 3 heterocycles. The zero-order chi connectivity index (χ0) is 21.1. The molecule has 7 nitrogen and oxygen atoms in total. The fraction of sp³-hybridized carbons (Fsp3) is 0.348. The van der Waals surface area contributed by atoms with Gasteiger partial charge in [-0.15, -0.1) is 0 Å². The van der Waals surface area contributed by atoms with E-state index in [-0.39, 0.29) is 12.1 Å². The Labute approximate surface area is 176 Å². The van der Waals surface area contributed by atoms with Gasteiger partial charge in [0.15, 0.2) is 11.7 Å². The number of carbonyl (C=O) groups is 1. The van der Waals surface area contributed by atoms with Crippen LogP contribution in [0, 0.1) is 6.92 Å². The van der Waals surface area contributed by atoms with Gasteiger partial charge in [-0.2, -0.15) is 0 Å². The summed E-state index contributed by atoms with van der Waals surface area (Å²) in [5.74, 6) is 2.65. The second kappa shape index (κ2) is 8.57. The van der Waals surface area contributed by atoms with E-state index in [1.165, 1.54) is 0 Å². The Balaban J connectivity index is 1.54. The van der Waals surface area contributed by atoms with Gasteiger partial charge in [0.05, 0.1) is 18.8 Å². The number of ether oxygens (including phenoxy) is 1. The van der Waals surface area contributed by atoms with Gasteiger partial charge in [0.25, 0.3) is 0 Å². The minimum absolute atomic E-state index is 0.0516. The second-order valence-electron chi connectivity index (χ2n) is 7.52. The lowest BCUT2D eigenvalue weighted by Crippen LogP contribution is -2.33. The maximum atomic E-state index is 12.1. The normalized spacial score (nSPS) is 16.0. The molecule has 0 bridgehead atoms. The van der Waals surface area contributed by atoms with Crippen LogP contribution in [0.3, 0.4) is 0 Å². The second-order valence-corrected chi connectivity index (χ2v) is 7.52. The molecule has 1 fully saturated rings. The highest BCUT2D eigenvalue weighted by atomic mass is 16.5. The maximum absolute atomic E-state index is 12.1. The topological polar surface area (TPSA) is 80.5 Å². The van der Waals surface area contributed by atoms with Crippen LogP contribution >= 0.6 is 0 Å². The van der Waals surface area contributed by atoms with Crippen molar-refractivity contribution in [3.8, 4) is 17.2 Å². The Hall–Kier alpha value is -3.35. The molecule has 4 rings (SSSR count). The van der Waals surface area contributed by atoms with E-state index in [9.17, 15) is 4.79 Å². The number of benzene rings is 1. The molecule has 7 heteroatoms. The lowest BCUT2D eigenvalue weighted by molar-refractivity contribution is 0.251. The summed E-state index contributed by atoms with van der Waals surface area (Å²) in [5.41, 5.74) is 2.92. The minimum atomic E-state index is -0.133. The van der Waals surface area contributed by atoms with Crippen LogP contribution in [0.4, 0.5) is 10.6 Å². The number of hydrogen-bond acceptors (Lipinski definition) is 5. The third-order valence-electron chi connectivity index (χ3n) is 5.13. The maximum Gasteiger partial charge on any atom is 0.323 e. The fourth-order valence-electron chi connectivity index (χ4n) is 3.46. The molecule has 1 unspecified atom stereocenters. The van der Waals surface area contributed by atoms with Gasteiger partial charge >= 0.3 is 6.03 Å². The molecule has 0 spiro atoms. The average Bonchev–Trinajstić information content (AvgIpc) is 3.35. The molecular weight excluding hydrogens is 380 g/mol. The van der Waals surface area contributed by atoms with Gasteiger partial charge in [-0.3, -0.25) is 4.90 Å². The van der Waals surface area contributed by atoms with Gasteiger partial charge in [-0.1, -0.05) is 19.1 Å². The van der Waals surface area contributed by atoms with Crippen molar-refractivity contribution in [1.82, 2.24) is 15.3 Å². The van der Waals surface area contributed by atoms with Crippen molar-refractivity contribution in [3.63, 3.8) is 0 Å². The summed E-state index contributed by atoms with van der Waals surface area (Å²) in [6, 6.07) is 11.6. The van der Waals surface area contributed by atoms with Crippen LogP contribution in [0.1, 0.15) is 37.3 Å². The summed E-state index contributed by atoms with van der Waals surface area (Å²) in [6.07, 6.45) is 3.22. The number of rotatable bonds is 7. The predicted octanol–water partition coefficient (Wildman–Crippen LogP) is 4.34. The van der Waals surface area contributed by atoms with Crippen LogP contribution in [0.5, 0.6) is 5.75 Å². The van der Waals surface area contributed by atoms with E-state index < -0.39 is 0 Å². The number of aryl methyl sites for hydroxylation is 1. The first-order valence-corrected chi connectivity index (χ1v) is 10.3. The highest BCUT2D eigenvalue weighted by molar-refractivity contribution is 5.94. The molecule has 1 aliphatic rings. The van der Waals surface area contributed by atoms with Crippen molar-refractivity contribution in [3.05, 3.63) is 59.6 Å². The quantitative estimate of drug-likeness (QED) is 0.631. The molecule has 1 saturated heterocycles. The van der Waals surface area contributed by atoms with E-state index in [1.54, 1.807) is 11.1 Å². The molecule has 1 atom stereocenters. The summed E-state index contributed by atoms with van der Waals surface area (Å²) in [5, 5.41) is 2.83. The zero-order valence-electron chi connectivity index (χ0n) is 17.5. The Bertz CT molecular complexity index is 1050. The number of anilines is 1. The third kappa shape index (κ3) is 4.15. The van der Waals surface area contributed by atoms with Gasteiger partial charge in [-0.25, -0.2) is 14.8 Å². The molecule has 30 heavy (non-hydrogen) atoms. The number of urea groups is 1. The van der Waals surface area contributed by atoms with E-state index in [0.717, 1.165) is 23.3 Å². The summed E-state index contributed by atoms with van der Waals surface area (Å²) in [6.45, 7) is 7.44. The summed E-state index contributed by atoms with van der Waals surface area (Å²) in [4.78, 5) is 22.8. The Morgan fingerprint density at radius 2 is 2.17 bits per heavy atom. The van der Waals surface area contributed by atoms with Crippen LogP contribution in [0.2, 0.25) is 0 Å². The van der Waals surface area contributed by atoms with Crippen LogP contribution in [0.25, 0.3) is 11.5 Å². The first-order valence-electron chi connectivity index (χ1n) is 10.3. The molecule has 3 aromatic rings. The molecule has 156 valence electrons. The number of nitrogens with zero attached hydrogens (tertiary/aromatic N) is 3. The van der Waals surface area contributed by atoms with Crippen molar-refractivity contribution >= 4 is 11.8 Å². The summed E-state index contributed by atoms with van der Waals surface area (Å²) in [7, 11) is 0. The monoisotopic (exact) mass is 406 g/mol. The molecule has 0 saturated carbocycles. The van der Waals surface area contributed by atoms with Gasteiger partial charge < -0.3 is 14.5 Å². The van der Waals surface area contributed by atoms with Crippen molar-refractivity contribution in [1.29, 1.82) is 0 Å². The van der Waals surface area contributed by atoms with E-state index in [4.69, 9.17) is 9.15 Å². The largest absolute Gasteiger partial charge is 0.494 e. The van der Waals surface area contributed by atoms with Gasteiger partial charge in [0.2, 0.25) is 0 Å². The van der Waals surface area contributed by atoms with Crippen molar-refractivity contribution in [2.24, 2.45) is 0 Å². The standard InChI is InChI=1S/C23H26N4O3/c1-4-10-29-18-9-8-15(2)17(11-18)12-22-24-14-20(30-22)19-6-5-7-21(26-19)27-16(3)13-25-23(27)28/h5-9,11,14,16H,4,10,12-13H2,1-3H3,(H,25,28). The van der Waals surface area contributed by atoms with Crippen molar-refractivity contribution < 1.29 is 13.9 Å². The van der Waals surface area contributed by atoms with Crippen molar-refractivity contribution in [2.45, 2.75) is 39.7 Å². The predicted molar refractivity (Wildman–Crippen MR) is 115 cm³/mol. The minimum Gasteiger partial charge on any atom is -0.494 e. The fourth-order valence-corrected chi connectivity index (χ4v) is 3.46. The Kier molecular flexibility index (Phi) is 5.70. The van der Waals surface area contributed by atoms with Crippen LogP contribution in [0.15, 0.2) is 47.0 Å². The number of pyridine rings is 1. The van der Waals surface area contributed by atoms with Gasteiger partial charge in [-0.05, 0) is 55.7 Å². The van der Waals surface area contributed by atoms with E-state index in [2.05, 4.69) is 35.2 Å². The van der Waals surface area contributed by atoms with Gasteiger partial charge in [0.1, 0.15) is 17.3 Å². The van der Waals surface area contributed by atoms with E-state index in [0.29, 0.717) is 42.7 Å². The molecule has 1 aliphatic heterocycles. The molecule has 1 aromatic carbocycles. The molecule has 0 aliphatic carbocycles. The van der Waals surface area contributed by atoms with Crippen molar-refractivity contribution in [2.75, 3.05) is 18.1 Å². The smallest absolute Gasteiger partial charge is 0.323 e. The first-order chi connectivity index (χ1) is 14.5. The molecule has 1 N–H and O–H groups in total. The molecule has 2 aromatic heterocycles. The van der Waals surface area contributed by atoms with Gasteiger partial charge in [0, 0.05) is 13.0 Å². The number of amides is 2. The number of hydrogen-bond donors (Lipinski definition) is 1. The number of carbonyl (C=O) groups excluding carboxylic acids is 1. The van der Waals surface area contributed by atoms with E-state index >= 15 is 0 Å². The van der Waals surface area contributed by atoms with Crippen LogP contribution in [-0.2, 0) is 6.42 Å². The Morgan fingerprint density at radius 1 is 1.30 bits per heavy atom. The highest BCUT2D eigenvalue weighted by Crippen LogP contribution is 2.26. The number of nitrogens with one attached hydrogen (secondary N) is 1. The first kappa shape index (κ1) is 19.9. The van der Waals surface area contributed by atoms with Crippen LogP contribution in [-0.4, -0.2) is 35.2 Å². The molecular formula is C23H26N4O3. The molecule has 2 amide bonds. The number of oxazole rings is 1. The molecule has 0 radical (unpaired) electrons. The third-order valence-corrected chi connectivity index (χ3v) is 5.13. The van der Waals surface area contributed by atoms with Crippen LogP contribution < -0.4 is 15.0 Å². The summed E-state index contributed by atoms with van der Waals surface area (Å²) < 4.78 is 11.7. The highest BCUT2D eigenvalue weighted by Gasteiger charge is 2.29. The average molecular weight is 406 g/mol.